The smallest absolute Gasteiger partial charge is 0.0300 e. The molecule has 12 heavy (non-hydrogen) atoms. The summed E-state index contributed by atoms with van der Waals surface area (Å²) >= 11 is 0. The fourth-order valence-electron chi connectivity index (χ4n) is 2.17. The van der Waals surface area contributed by atoms with Crippen molar-refractivity contribution in [3.05, 3.63) is 0 Å². The molecular formula is C12H26. The molecule has 0 heteroatoms. The van der Waals surface area contributed by atoms with Gasteiger partial charge < -0.3 is 0 Å². The molecule has 0 spiro atoms. The van der Waals surface area contributed by atoms with Crippen molar-refractivity contribution in [2.45, 2.75) is 66.7 Å². The van der Waals surface area contributed by atoms with Gasteiger partial charge in [-0.1, -0.05) is 53.9 Å². The first-order valence-electron chi connectivity index (χ1n) is 5.69. The fraction of sp³-hybridized carbons (Fsp3) is 1.00. The minimum absolute atomic E-state index is 0.703. The second-order valence-corrected chi connectivity index (χ2v) is 4.17. The highest BCUT2D eigenvalue weighted by molar-refractivity contribution is 4.83. The second kappa shape index (κ2) is 5.61. The van der Waals surface area contributed by atoms with Gasteiger partial charge in [0.15, 0.2) is 0 Å². The van der Waals surface area contributed by atoms with E-state index in [1.165, 1.54) is 32.1 Å². The molecule has 0 aromatic heterocycles. The molecule has 1 atom stereocenters. The van der Waals surface area contributed by atoms with Gasteiger partial charge in [0.2, 0.25) is 0 Å². The van der Waals surface area contributed by atoms with Crippen molar-refractivity contribution in [3.63, 3.8) is 0 Å². The van der Waals surface area contributed by atoms with E-state index in [1.807, 2.05) is 13.8 Å². The molecule has 0 bridgehead atoms. The number of hydrogen-bond acceptors (Lipinski definition) is 0. The van der Waals surface area contributed by atoms with E-state index in [9.17, 15) is 0 Å². The van der Waals surface area contributed by atoms with Crippen LogP contribution in [0.1, 0.15) is 66.7 Å². The molecule has 0 nitrogen and oxygen atoms in total. The first-order valence-corrected chi connectivity index (χ1v) is 5.69. The summed E-state index contributed by atoms with van der Waals surface area (Å²) in [5, 5.41) is 0. The van der Waals surface area contributed by atoms with Gasteiger partial charge in [0.25, 0.3) is 0 Å². The summed E-state index contributed by atoms with van der Waals surface area (Å²) in [7, 11) is 0. The lowest BCUT2D eigenvalue weighted by molar-refractivity contribution is 0.204. The van der Waals surface area contributed by atoms with E-state index in [0.717, 1.165) is 5.92 Å². The van der Waals surface area contributed by atoms with Crippen LogP contribution in [0, 0.1) is 11.3 Å². The standard InChI is InChI=1S/C10H20.C2H6/c1-4-9(2)10(3)7-5-6-8-10;1-2/h9H,4-8H2,1-3H3;1-2H3. The Labute approximate surface area is 78.8 Å². The topological polar surface area (TPSA) is 0 Å². The lowest BCUT2D eigenvalue weighted by Gasteiger charge is -2.30. The quantitative estimate of drug-likeness (QED) is 0.566. The highest BCUT2D eigenvalue weighted by Gasteiger charge is 2.32. The van der Waals surface area contributed by atoms with Crippen LogP contribution in [0.5, 0.6) is 0 Å². The van der Waals surface area contributed by atoms with E-state index in [4.69, 9.17) is 0 Å². The Balaban J connectivity index is 0.000000561. The summed E-state index contributed by atoms with van der Waals surface area (Å²) in [5.74, 6) is 0.940. The Morgan fingerprint density at radius 3 is 1.92 bits per heavy atom. The van der Waals surface area contributed by atoms with Crippen LogP contribution in [0.2, 0.25) is 0 Å². The van der Waals surface area contributed by atoms with E-state index in [1.54, 1.807) is 0 Å². The van der Waals surface area contributed by atoms with Crippen molar-refractivity contribution in [2.75, 3.05) is 0 Å². The van der Waals surface area contributed by atoms with E-state index < -0.39 is 0 Å². The fourth-order valence-corrected chi connectivity index (χ4v) is 2.17. The van der Waals surface area contributed by atoms with Gasteiger partial charge in [-0.05, 0) is 24.2 Å². The van der Waals surface area contributed by atoms with Crippen molar-refractivity contribution in [1.29, 1.82) is 0 Å². The predicted octanol–water partition coefficient (Wildman–Crippen LogP) is 4.64. The van der Waals surface area contributed by atoms with Gasteiger partial charge >= 0.3 is 0 Å². The molecule has 0 aliphatic heterocycles. The lowest BCUT2D eigenvalue weighted by atomic mass is 9.75. The molecule has 0 radical (unpaired) electrons. The highest BCUT2D eigenvalue weighted by Crippen LogP contribution is 2.44. The van der Waals surface area contributed by atoms with Crippen molar-refractivity contribution < 1.29 is 0 Å². The Morgan fingerprint density at radius 1 is 1.17 bits per heavy atom. The third-order valence-corrected chi connectivity index (χ3v) is 3.55. The molecule has 1 fully saturated rings. The van der Waals surface area contributed by atoms with Crippen molar-refractivity contribution in [1.82, 2.24) is 0 Å². The van der Waals surface area contributed by atoms with Crippen LogP contribution in [0.4, 0.5) is 0 Å². The number of hydrogen-bond donors (Lipinski definition) is 0. The summed E-state index contributed by atoms with van der Waals surface area (Å²) < 4.78 is 0. The monoisotopic (exact) mass is 170 g/mol. The Hall–Kier alpha value is 0. The van der Waals surface area contributed by atoms with Crippen LogP contribution < -0.4 is 0 Å². The summed E-state index contributed by atoms with van der Waals surface area (Å²) in [6.45, 7) is 11.2. The zero-order valence-corrected chi connectivity index (χ0v) is 9.61. The molecule has 1 saturated carbocycles. The molecule has 1 rings (SSSR count). The third-order valence-electron chi connectivity index (χ3n) is 3.55. The maximum Gasteiger partial charge on any atom is -0.0300 e. The van der Waals surface area contributed by atoms with Crippen LogP contribution in [-0.4, -0.2) is 0 Å². The molecule has 0 aromatic rings. The minimum atomic E-state index is 0.703. The van der Waals surface area contributed by atoms with Crippen LogP contribution in [-0.2, 0) is 0 Å². The van der Waals surface area contributed by atoms with Crippen molar-refractivity contribution in [3.8, 4) is 0 Å². The molecule has 74 valence electrons. The molecule has 0 amide bonds. The van der Waals surface area contributed by atoms with E-state index in [0.29, 0.717) is 5.41 Å². The van der Waals surface area contributed by atoms with E-state index >= 15 is 0 Å². The Kier molecular flexibility index (Phi) is 5.61. The van der Waals surface area contributed by atoms with Crippen LogP contribution >= 0.6 is 0 Å². The maximum atomic E-state index is 2.47. The van der Waals surface area contributed by atoms with Gasteiger partial charge in [0, 0.05) is 0 Å². The van der Waals surface area contributed by atoms with Crippen LogP contribution in [0.25, 0.3) is 0 Å². The normalized spacial score (nSPS) is 22.8. The summed E-state index contributed by atoms with van der Waals surface area (Å²) in [5.41, 5.74) is 0.703. The minimum Gasteiger partial charge on any atom is -0.0683 e. The largest absolute Gasteiger partial charge is 0.0683 e. The molecule has 1 unspecified atom stereocenters. The average molecular weight is 170 g/mol. The zero-order valence-electron chi connectivity index (χ0n) is 9.61. The molecule has 0 saturated heterocycles. The summed E-state index contributed by atoms with van der Waals surface area (Å²) in [4.78, 5) is 0. The highest BCUT2D eigenvalue weighted by atomic mass is 14.4. The van der Waals surface area contributed by atoms with Crippen LogP contribution in [0.15, 0.2) is 0 Å². The zero-order chi connectivity index (χ0) is 9.61. The average Bonchev–Trinajstić information content (AvgIpc) is 2.55. The molecular weight excluding hydrogens is 144 g/mol. The molecule has 1 aliphatic carbocycles. The van der Waals surface area contributed by atoms with Gasteiger partial charge in [0.1, 0.15) is 0 Å². The Bertz CT molecular complexity index is 98.6. The van der Waals surface area contributed by atoms with Gasteiger partial charge in [-0.15, -0.1) is 0 Å². The third kappa shape index (κ3) is 2.80. The first-order chi connectivity index (χ1) is 5.69. The van der Waals surface area contributed by atoms with Crippen LogP contribution in [0.3, 0.4) is 0 Å². The van der Waals surface area contributed by atoms with Gasteiger partial charge in [-0.25, -0.2) is 0 Å². The molecule has 0 aromatic carbocycles. The molecule has 0 N–H and O–H groups in total. The molecule has 0 heterocycles. The maximum absolute atomic E-state index is 2.47. The second-order valence-electron chi connectivity index (χ2n) is 4.17. The number of rotatable bonds is 2. The predicted molar refractivity (Wildman–Crippen MR) is 57.4 cm³/mol. The Morgan fingerprint density at radius 2 is 1.58 bits per heavy atom. The van der Waals surface area contributed by atoms with Crippen molar-refractivity contribution in [2.24, 2.45) is 11.3 Å². The summed E-state index contributed by atoms with van der Waals surface area (Å²) in [6.07, 6.45) is 7.25. The van der Waals surface area contributed by atoms with E-state index in [-0.39, 0.29) is 0 Å². The van der Waals surface area contributed by atoms with Crippen molar-refractivity contribution >= 4 is 0 Å². The van der Waals surface area contributed by atoms with Gasteiger partial charge in [-0.2, -0.15) is 0 Å². The SMILES string of the molecule is CC.CCC(C)C1(C)CCCC1. The first kappa shape index (κ1) is 12.0. The van der Waals surface area contributed by atoms with E-state index in [2.05, 4.69) is 20.8 Å². The summed E-state index contributed by atoms with van der Waals surface area (Å²) in [6, 6.07) is 0. The lowest BCUT2D eigenvalue weighted by Crippen LogP contribution is -2.20. The van der Waals surface area contributed by atoms with Gasteiger partial charge in [-0.3, -0.25) is 0 Å². The molecule has 1 aliphatic rings. The van der Waals surface area contributed by atoms with Gasteiger partial charge in [0.05, 0.1) is 0 Å².